The van der Waals surface area contributed by atoms with Crippen molar-refractivity contribution in [3.8, 4) is 11.2 Å². The van der Waals surface area contributed by atoms with Crippen LogP contribution < -0.4 is 10.6 Å². The molecule has 0 aliphatic rings. The molecule has 2 N–H and O–H groups in total. The Morgan fingerprint density at radius 3 is 2.24 bits per heavy atom. The van der Waals surface area contributed by atoms with Crippen LogP contribution in [0.15, 0.2) is 24.4 Å². The summed E-state index contributed by atoms with van der Waals surface area (Å²) in [6.45, 7) is 1.41. The normalized spacial score (nSPS) is 12.8. The fourth-order valence-corrected chi connectivity index (χ4v) is 3.37. The number of halogens is 6. The number of carbonyl (C=O) groups is 1. The highest BCUT2D eigenvalue weighted by Crippen LogP contribution is 2.36. The van der Waals surface area contributed by atoms with Gasteiger partial charge in [-0.1, -0.05) is 11.3 Å². The SMILES string of the molecule is CNc1nc([C@H](C)NC(=O)c2cc(C(F)(F)F)cc(C(F)(F)F)c2)n(-c2ncc(C#N)s2)n1. The number of hydrogen-bond donors (Lipinski definition) is 2. The zero-order chi connectivity index (χ0) is 24.6. The predicted octanol–water partition coefficient (Wildman–Crippen LogP) is 4.17. The number of aromatic nitrogens is 4. The van der Waals surface area contributed by atoms with Crippen molar-refractivity contribution in [3.63, 3.8) is 0 Å². The van der Waals surface area contributed by atoms with Crippen LogP contribution in [0, 0.1) is 11.3 Å². The minimum Gasteiger partial charge on any atom is -0.356 e. The van der Waals surface area contributed by atoms with Crippen molar-refractivity contribution in [1.29, 1.82) is 5.26 Å². The topological polar surface area (TPSA) is 109 Å². The summed E-state index contributed by atoms with van der Waals surface area (Å²) in [7, 11) is 1.51. The smallest absolute Gasteiger partial charge is 0.356 e. The van der Waals surface area contributed by atoms with Gasteiger partial charge in [-0.05, 0) is 25.1 Å². The Kier molecular flexibility index (Phi) is 6.32. The Labute approximate surface area is 185 Å². The van der Waals surface area contributed by atoms with Crippen molar-refractivity contribution in [2.24, 2.45) is 0 Å². The van der Waals surface area contributed by atoms with Crippen LogP contribution >= 0.6 is 11.3 Å². The molecule has 1 amide bonds. The first-order valence-corrected chi connectivity index (χ1v) is 9.76. The van der Waals surface area contributed by atoms with Crippen molar-refractivity contribution in [3.05, 3.63) is 51.8 Å². The van der Waals surface area contributed by atoms with Gasteiger partial charge in [0.1, 0.15) is 10.9 Å². The zero-order valence-electron chi connectivity index (χ0n) is 16.7. The van der Waals surface area contributed by atoms with E-state index < -0.39 is 41.0 Å². The number of anilines is 1. The number of amides is 1. The number of hydrogen-bond acceptors (Lipinski definition) is 7. The molecule has 0 saturated carbocycles. The molecule has 0 spiro atoms. The maximum absolute atomic E-state index is 13.1. The zero-order valence-corrected chi connectivity index (χ0v) is 17.5. The maximum Gasteiger partial charge on any atom is 0.416 e. The highest BCUT2D eigenvalue weighted by atomic mass is 32.1. The van der Waals surface area contributed by atoms with Gasteiger partial charge in [-0.25, -0.2) is 4.98 Å². The molecule has 0 saturated heterocycles. The summed E-state index contributed by atoms with van der Waals surface area (Å²) in [6, 6.07) is 1.50. The largest absolute Gasteiger partial charge is 0.416 e. The number of rotatable bonds is 5. The van der Waals surface area contributed by atoms with E-state index >= 15 is 0 Å². The molecule has 3 aromatic rings. The molecule has 1 atom stereocenters. The van der Waals surface area contributed by atoms with Gasteiger partial charge in [0.2, 0.25) is 11.1 Å². The van der Waals surface area contributed by atoms with E-state index in [0.29, 0.717) is 12.1 Å². The number of alkyl halides is 6. The Hall–Kier alpha value is -3.67. The van der Waals surface area contributed by atoms with Gasteiger partial charge in [-0.15, -0.1) is 5.10 Å². The monoisotopic (exact) mass is 489 g/mol. The average Bonchev–Trinajstić information content (AvgIpc) is 3.38. The fourth-order valence-electron chi connectivity index (χ4n) is 2.70. The number of benzene rings is 1. The third kappa shape index (κ3) is 5.22. The second-order valence-electron chi connectivity index (χ2n) is 6.56. The molecular formula is C18H13F6N7OS. The molecule has 0 radical (unpaired) electrons. The van der Waals surface area contributed by atoms with Crippen molar-refractivity contribution in [2.45, 2.75) is 25.3 Å². The summed E-state index contributed by atoms with van der Waals surface area (Å²) in [6.07, 6.45) is -8.89. The molecule has 2 aromatic heterocycles. The highest BCUT2D eigenvalue weighted by Gasteiger charge is 2.37. The third-order valence-electron chi connectivity index (χ3n) is 4.23. The van der Waals surface area contributed by atoms with E-state index in [-0.39, 0.29) is 27.8 Å². The van der Waals surface area contributed by atoms with E-state index in [2.05, 4.69) is 25.7 Å². The first-order chi connectivity index (χ1) is 15.3. The number of nitriles is 1. The maximum atomic E-state index is 13.1. The highest BCUT2D eigenvalue weighted by molar-refractivity contribution is 7.14. The molecule has 174 valence electrons. The Bertz CT molecular complexity index is 1190. The molecule has 2 heterocycles. The van der Waals surface area contributed by atoms with Crippen molar-refractivity contribution in [1.82, 2.24) is 25.1 Å². The van der Waals surface area contributed by atoms with Crippen molar-refractivity contribution < 1.29 is 31.1 Å². The van der Waals surface area contributed by atoms with Gasteiger partial charge in [0.25, 0.3) is 5.91 Å². The summed E-state index contributed by atoms with van der Waals surface area (Å²) in [4.78, 5) is 21.0. The van der Waals surface area contributed by atoms with Gasteiger partial charge >= 0.3 is 12.4 Å². The molecule has 33 heavy (non-hydrogen) atoms. The van der Waals surface area contributed by atoms with E-state index in [9.17, 15) is 31.1 Å². The summed E-state index contributed by atoms with van der Waals surface area (Å²) in [5.41, 5.74) is -4.05. The van der Waals surface area contributed by atoms with Crippen LogP contribution in [0.2, 0.25) is 0 Å². The van der Waals surface area contributed by atoms with Crippen LogP contribution in [-0.4, -0.2) is 32.7 Å². The van der Waals surface area contributed by atoms with Gasteiger partial charge in [0.05, 0.1) is 23.4 Å². The average molecular weight is 489 g/mol. The van der Waals surface area contributed by atoms with Crippen LogP contribution in [0.4, 0.5) is 32.3 Å². The van der Waals surface area contributed by atoms with E-state index in [4.69, 9.17) is 5.26 Å². The lowest BCUT2D eigenvalue weighted by Gasteiger charge is -2.16. The molecule has 0 aliphatic heterocycles. The van der Waals surface area contributed by atoms with Crippen molar-refractivity contribution in [2.75, 3.05) is 12.4 Å². The second-order valence-corrected chi connectivity index (χ2v) is 7.57. The van der Waals surface area contributed by atoms with Gasteiger partial charge < -0.3 is 10.6 Å². The van der Waals surface area contributed by atoms with Gasteiger partial charge in [0.15, 0.2) is 5.82 Å². The van der Waals surface area contributed by atoms with E-state index in [1.807, 2.05) is 6.07 Å². The molecule has 0 fully saturated rings. The first kappa shape index (κ1) is 24.0. The number of nitrogens with one attached hydrogen (secondary N) is 2. The summed E-state index contributed by atoms with van der Waals surface area (Å²) >= 11 is 0.964. The lowest BCUT2D eigenvalue weighted by molar-refractivity contribution is -0.143. The van der Waals surface area contributed by atoms with E-state index in [1.54, 1.807) is 0 Å². The van der Waals surface area contributed by atoms with Crippen LogP contribution in [0.25, 0.3) is 5.13 Å². The van der Waals surface area contributed by atoms with Gasteiger partial charge in [0, 0.05) is 12.6 Å². The lowest BCUT2D eigenvalue weighted by Crippen LogP contribution is -2.29. The molecule has 15 heteroatoms. The number of thiazole rings is 1. The predicted molar refractivity (Wildman–Crippen MR) is 104 cm³/mol. The van der Waals surface area contributed by atoms with E-state index in [1.165, 1.54) is 24.9 Å². The third-order valence-corrected chi connectivity index (χ3v) is 5.10. The van der Waals surface area contributed by atoms with Crippen LogP contribution in [0.1, 0.15) is 45.2 Å². The Balaban J connectivity index is 1.96. The summed E-state index contributed by atoms with van der Waals surface area (Å²) < 4.78 is 79.7. The molecule has 1 aromatic carbocycles. The number of nitrogens with zero attached hydrogens (tertiary/aromatic N) is 5. The van der Waals surface area contributed by atoms with Gasteiger partial charge in [-0.3, -0.25) is 4.79 Å². The van der Waals surface area contributed by atoms with E-state index in [0.717, 1.165) is 11.3 Å². The van der Waals surface area contributed by atoms with Gasteiger partial charge in [-0.2, -0.15) is 41.3 Å². The summed E-state index contributed by atoms with van der Waals surface area (Å²) in [5.74, 6) is -0.996. The first-order valence-electron chi connectivity index (χ1n) is 8.95. The fraction of sp³-hybridized carbons (Fsp3) is 0.278. The summed E-state index contributed by atoms with van der Waals surface area (Å²) in [5, 5.41) is 18.3. The molecule has 3 rings (SSSR count). The lowest BCUT2D eigenvalue weighted by atomic mass is 10.0. The Morgan fingerprint density at radius 1 is 1.15 bits per heavy atom. The molecule has 0 bridgehead atoms. The molecule has 0 unspecified atom stereocenters. The van der Waals surface area contributed by atoms with Crippen LogP contribution in [-0.2, 0) is 12.4 Å². The second kappa shape index (κ2) is 8.70. The Morgan fingerprint density at radius 2 is 1.76 bits per heavy atom. The minimum atomic E-state index is -5.09. The molecule has 8 nitrogen and oxygen atoms in total. The molecular weight excluding hydrogens is 476 g/mol. The van der Waals surface area contributed by atoms with Crippen LogP contribution in [0.3, 0.4) is 0 Å². The molecule has 0 aliphatic carbocycles. The van der Waals surface area contributed by atoms with Crippen molar-refractivity contribution >= 4 is 23.2 Å². The minimum absolute atomic E-state index is 0.0642. The quantitative estimate of drug-likeness (QED) is 0.521. The van der Waals surface area contributed by atoms with Crippen LogP contribution in [0.5, 0.6) is 0 Å². The standard InChI is InChI=1S/C18H13F6N7OS/c1-8(13-29-15(26-2)30-31(13)16-27-7-12(6-25)33-16)28-14(32)9-3-10(17(19,20)21)5-11(4-9)18(22,23)24/h3-5,7-8H,1-2H3,(H,26,30)(H,28,32)/t8-/m0/s1. The number of carbonyl (C=O) groups excluding carboxylic acids is 1.